The molecular formula is C15H22BrN3S2. The summed E-state index contributed by atoms with van der Waals surface area (Å²) in [4.78, 5) is 9.74. The second kappa shape index (κ2) is 6.67. The highest BCUT2D eigenvalue weighted by molar-refractivity contribution is 9.10. The normalized spacial score (nSPS) is 29.4. The van der Waals surface area contributed by atoms with Crippen LogP contribution in [-0.4, -0.2) is 32.8 Å². The van der Waals surface area contributed by atoms with E-state index in [9.17, 15) is 0 Å². The Kier molecular flexibility index (Phi) is 5.06. The van der Waals surface area contributed by atoms with E-state index in [1.807, 2.05) is 23.5 Å². The molecule has 2 fully saturated rings. The van der Waals surface area contributed by atoms with Gasteiger partial charge < -0.3 is 5.32 Å². The van der Waals surface area contributed by atoms with E-state index >= 15 is 0 Å². The van der Waals surface area contributed by atoms with Gasteiger partial charge in [0.1, 0.15) is 11.6 Å². The lowest BCUT2D eigenvalue weighted by Crippen LogP contribution is -2.23. The summed E-state index contributed by atoms with van der Waals surface area (Å²) in [6.07, 6.45) is 2.53. The maximum absolute atomic E-state index is 4.93. The third-order valence-electron chi connectivity index (χ3n) is 4.04. The lowest BCUT2D eigenvalue weighted by Gasteiger charge is -2.30. The van der Waals surface area contributed by atoms with E-state index in [1.54, 1.807) is 0 Å². The number of rotatable bonds is 4. The Morgan fingerprint density at radius 2 is 2.00 bits per heavy atom. The molecule has 0 aromatic carbocycles. The van der Waals surface area contributed by atoms with Gasteiger partial charge in [0.2, 0.25) is 0 Å². The number of nitrogens with zero attached hydrogens (tertiary/aromatic N) is 2. The second-order valence-electron chi connectivity index (χ2n) is 5.80. The van der Waals surface area contributed by atoms with E-state index in [2.05, 4.69) is 42.0 Å². The van der Waals surface area contributed by atoms with Crippen molar-refractivity contribution in [2.75, 3.05) is 17.6 Å². The zero-order valence-corrected chi connectivity index (χ0v) is 15.9. The number of hydrogen-bond acceptors (Lipinski definition) is 5. The minimum atomic E-state index is 0.421. The minimum absolute atomic E-state index is 0.421. The summed E-state index contributed by atoms with van der Waals surface area (Å²) in [5.74, 6) is 3.75. The van der Waals surface area contributed by atoms with Crippen LogP contribution in [0.5, 0.6) is 0 Å². The molecule has 3 rings (SSSR count). The Balaban J connectivity index is 1.90. The van der Waals surface area contributed by atoms with Gasteiger partial charge in [-0.1, -0.05) is 13.8 Å². The van der Waals surface area contributed by atoms with Gasteiger partial charge >= 0.3 is 0 Å². The van der Waals surface area contributed by atoms with Gasteiger partial charge in [0.05, 0.1) is 15.4 Å². The molecule has 116 valence electrons. The van der Waals surface area contributed by atoms with E-state index in [1.165, 1.54) is 18.5 Å². The molecule has 1 saturated carbocycles. The van der Waals surface area contributed by atoms with Crippen LogP contribution in [-0.2, 0) is 0 Å². The van der Waals surface area contributed by atoms with Crippen molar-refractivity contribution in [1.29, 1.82) is 0 Å². The quantitative estimate of drug-likeness (QED) is 0.799. The molecule has 0 radical (unpaired) electrons. The second-order valence-corrected chi connectivity index (χ2v) is 9.59. The molecule has 2 aliphatic rings. The zero-order chi connectivity index (χ0) is 15.0. The largest absolute Gasteiger partial charge is 0.369 e. The average Bonchev–Trinajstić information content (AvgIpc) is 3.29. The van der Waals surface area contributed by atoms with Gasteiger partial charge in [0.15, 0.2) is 0 Å². The first-order chi connectivity index (χ1) is 10.1. The van der Waals surface area contributed by atoms with Crippen LogP contribution in [0.15, 0.2) is 4.47 Å². The lowest BCUT2D eigenvalue weighted by atomic mass is 10.2. The molecule has 1 aliphatic heterocycles. The monoisotopic (exact) mass is 387 g/mol. The van der Waals surface area contributed by atoms with Crippen LogP contribution < -0.4 is 5.32 Å². The smallest absolute Gasteiger partial charge is 0.144 e. The van der Waals surface area contributed by atoms with E-state index in [0.29, 0.717) is 16.4 Å². The molecule has 21 heavy (non-hydrogen) atoms. The predicted octanol–water partition coefficient (Wildman–Crippen LogP) is 4.85. The fraction of sp³-hybridized carbons (Fsp3) is 0.733. The van der Waals surface area contributed by atoms with Crippen LogP contribution in [0, 0.1) is 0 Å². The van der Waals surface area contributed by atoms with Crippen LogP contribution in [0.3, 0.4) is 0 Å². The van der Waals surface area contributed by atoms with Crippen molar-refractivity contribution in [3.63, 3.8) is 0 Å². The van der Waals surface area contributed by atoms with Gasteiger partial charge in [0.25, 0.3) is 0 Å². The van der Waals surface area contributed by atoms with Crippen molar-refractivity contribution in [2.24, 2.45) is 0 Å². The molecule has 6 heteroatoms. The molecule has 1 aromatic rings. The van der Waals surface area contributed by atoms with E-state index < -0.39 is 0 Å². The summed E-state index contributed by atoms with van der Waals surface area (Å²) in [6.45, 7) is 7.64. The summed E-state index contributed by atoms with van der Waals surface area (Å²) >= 11 is 7.78. The number of halogens is 1. The van der Waals surface area contributed by atoms with Crippen molar-refractivity contribution < 1.29 is 0 Å². The molecule has 0 amide bonds. The molecule has 1 aromatic heterocycles. The molecule has 0 bridgehead atoms. The summed E-state index contributed by atoms with van der Waals surface area (Å²) < 4.78 is 1.07. The molecule has 3 nitrogen and oxygen atoms in total. The third kappa shape index (κ3) is 3.53. The Bertz CT molecular complexity index is 522. The van der Waals surface area contributed by atoms with E-state index in [-0.39, 0.29) is 0 Å². The summed E-state index contributed by atoms with van der Waals surface area (Å²) in [5.41, 5.74) is 1.22. The van der Waals surface area contributed by atoms with Crippen LogP contribution in [0.4, 0.5) is 5.82 Å². The first-order valence-corrected chi connectivity index (χ1v) is 10.5. The van der Waals surface area contributed by atoms with Crippen LogP contribution in [0.25, 0.3) is 0 Å². The number of thioether (sulfide) groups is 2. The maximum atomic E-state index is 4.93. The highest BCUT2D eigenvalue weighted by atomic mass is 79.9. The number of anilines is 1. The highest BCUT2D eigenvalue weighted by Gasteiger charge is 2.33. The number of hydrogen-bond donors (Lipinski definition) is 1. The molecule has 1 aliphatic carbocycles. The molecule has 1 N–H and O–H groups in total. The van der Waals surface area contributed by atoms with Crippen LogP contribution >= 0.6 is 39.5 Å². The van der Waals surface area contributed by atoms with Crippen LogP contribution in [0.2, 0.25) is 0 Å². The first-order valence-electron chi connectivity index (χ1n) is 7.68. The van der Waals surface area contributed by atoms with Crippen molar-refractivity contribution >= 4 is 45.3 Å². The predicted molar refractivity (Wildman–Crippen MR) is 97.6 cm³/mol. The summed E-state index contributed by atoms with van der Waals surface area (Å²) in [6, 6.07) is 0. The van der Waals surface area contributed by atoms with Crippen molar-refractivity contribution in [3.05, 3.63) is 16.0 Å². The van der Waals surface area contributed by atoms with Crippen LogP contribution in [0.1, 0.15) is 56.3 Å². The Morgan fingerprint density at radius 3 is 2.62 bits per heavy atom. The molecular weight excluding hydrogens is 366 g/mol. The van der Waals surface area contributed by atoms with Gasteiger partial charge in [-0.15, -0.1) is 11.8 Å². The van der Waals surface area contributed by atoms with Gasteiger partial charge in [0, 0.05) is 28.7 Å². The molecule has 1 saturated heterocycles. The van der Waals surface area contributed by atoms with E-state index in [0.717, 1.165) is 33.7 Å². The topological polar surface area (TPSA) is 37.8 Å². The van der Waals surface area contributed by atoms with Crippen molar-refractivity contribution in [3.8, 4) is 0 Å². The molecule has 0 spiro atoms. The first kappa shape index (κ1) is 15.9. The molecule has 3 unspecified atom stereocenters. The van der Waals surface area contributed by atoms with Gasteiger partial charge in [-0.2, -0.15) is 11.8 Å². The average molecular weight is 388 g/mol. The summed E-state index contributed by atoms with van der Waals surface area (Å²) in [7, 11) is 0. The van der Waals surface area contributed by atoms with Gasteiger partial charge in [-0.25, -0.2) is 9.97 Å². The third-order valence-corrected chi connectivity index (χ3v) is 8.21. The number of aromatic nitrogens is 2. The van der Waals surface area contributed by atoms with E-state index in [4.69, 9.17) is 9.97 Å². The number of nitrogens with one attached hydrogen (secondary N) is 1. The Morgan fingerprint density at radius 1 is 1.24 bits per heavy atom. The maximum Gasteiger partial charge on any atom is 0.144 e. The highest BCUT2D eigenvalue weighted by Crippen LogP contribution is 2.47. The summed E-state index contributed by atoms with van der Waals surface area (Å²) in [5, 5.41) is 5.19. The molecule has 2 heterocycles. The van der Waals surface area contributed by atoms with Crippen molar-refractivity contribution in [2.45, 2.75) is 55.3 Å². The SMILES string of the molecule is CCNc1nc(C2CSC(C)C(C)S2)nc(C2CC2)c1Br. The Labute approximate surface area is 144 Å². The minimum Gasteiger partial charge on any atom is -0.369 e. The fourth-order valence-electron chi connectivity index (χ4n) is 2.46. The molecule has 3 atom stereocenters. The Hall–Kier alpha value is 0.0600. The van der Waals surface area contributed by atoms with Crippen molar-refractivity contribution in [1.82, 2.24) is 9.97 Å². The van der Waals surface area contributed by atoms with Gasteiger partial charge in [-0.05, 0) is 35.7 Å². The van der Waals surface area contributed by atoms with Gasteiger partial charge in [-0.3, -0.25) is 0 Å². The zero-order valence-electron chi connectivity index (χ0n) is 12.7. The standard InChI is InChI=1S/C15H22BrN3S2/c1-4-17-15-12(16)13(10-5-6-10)18-14(19-15)11-7-20-8(2)9(3)21-11/h8-11H,4-7H2,1-3H3,(H,17,18,19). The fourth-order valence-corrected chi connectivity index (χ4v) is 5.94. The lowest BCUT2D eigenvalue weighted by molar-refractivity contribution is 0.834.